The van der Waals surface area contributed by atoms with Crippen LogP contribution in [0.2, 0.25) is 0 Å². The van der Waals surface area contributed by atoms with E-state index >= 15 is 0 Å². The van der Waals surface area contributed by atoms with Gasteiger partial charge in [-0.3, -0.25) is 4.79 Å². The lowest BCUT2D eigenvalue weighted by Gasteiger charge is -2.09. The number of Topliss-reactive ketones (excluding diaryl/α,β-unsaturated/α-hetero) is 1. The molecular formula is C15H12BrFOS. The molecule has 0 N–H and O–H groups in total. The van der Waals surface area contributed by atoms with Gasteiger partial charge in [0, 0.05) is 19.8 Å². The van der Waals surface area contributed by atoms with Crippen LogP contribution >= 0.6 is 27.7 Å². The average Bonchev–Trinajstić information content (AvgIpc) is 2.36. The predicted molar refractivity (Wildman–Crippen MR) is 79.4 cm³/mol. The third kappa shape index (κ3) is 3.45. The summed E-state index contributed by atoms with van der Waals surface area (Å²) in [4.78, 5) is 13.4. The van der Waals surface area contributed by atoms with Gasteiger partial charge < -0.3 is 0 Å². The van der Waals surface area contributed by atoms with E-state index in [1.807, 2.05) is 24.3 Å². The van der Waals surface area contributed by atoms with Crippen LogP contribution in [0.15, 0.2) is 50.7 Å². The minimum Gasteiger partial charge on any atom is -0.294 e. The minimum atomic E-state index is -0.342. The number of hydrogen-bond acceptors (Lipinski definition) is 2. The van der Waals surface area contributed by atoms with Gasteiger partial charge in [0.2, 0.25) is 0 Å². The van der Waals surface area contributed by atoms with Crippen molar-refractivity contribution >= 4 is 33.5 Å². The first-order valence-corrected chi connectivity index (χ1v) is 7.33. The summed E-state index contributed by atoms with van der Waals surface area (Å²) >= 11 is 4.84. The number of carbonyl (C=O) groups is 1. The highest BCUT2D eigenvalue weighted by Gasteiger charge is 2.12. The lowest BCUT2D eigenvalue weighted by molar-refractivity contribution is 0.101. The predicted octanol–water partition coefficient (Wildman–Crippen LogP) is 5.25. The Morgan fingerprint density at radius 2 is 1.84 bits per heavy atom. The van der Waals surface area contributed by atoms with Gasteiger partial charge in [-0.05, 0) is 55.8 Å². The number of ketones is 1. The summed E-state index contributed by atoms with van der Waals surface area (Å²) in [5.74, 6) is -0.469. The molecule has 0 saturated carbocycles. The Morgan fingerprint density at radius 3 is 2.42 bits per heavy atom. The van der Waals surface area contributed by atoms with Gasteiger partial charge in [-0.1, -0.05) is 27.7 Å². The number of carbonyl (C=O) groups excluding carboxylic acids is 1. The molecule has 19 heavy (non-hydrogen) atoms. The van der Waals surface area contributed by atoms with E-state index in [2.05, 4.69) is 15.9 Å². The summed E-state index contributed by atoms with van der Waals surface area (Å²) < 4.78 is 14.5. The van der Waals surface area contributed by atoms with E-state index < -0.39 is 0 Å². The Morgan fingerprint density at radius 1 is 1.21 bits per heavy atom. The van der Waals surface area contributed by atoms with Crippen molar-refractivity contribution in [3.8, 4) is 0 Å². The van der Waals surface area contributed by atoms with E-state index in [0.717, 1.165) is 14.3 Å². The average molecular weight is 339 g/mol. The molecule has 4 heteroatoms. The Hall–Kier alpha value is -1.13. The van der Waals surface area contributed by atoms with Gasteiger partial charge in [0.15, 0.2) is 5.78 Å². The fraction of sp³-hybridized carbons (Fsp3) is 0.133. The Bertz CT molecular complexity index is 623. The fourth-order valence-corrected chi connectivity index (χ4v) is 2.98. The first-order chi connectivity index (χ1) is 8.97. The summed E-state index contributed by atoms with van der Waals surface area (Å²) in [5, 5.41) is 0. The van der Waals surface area contributed by atoms with Crippen LogP contribution in [0.25, 0.3) is 0 Å². The molecule has 0 heterocycles. The summed E-state index contributed by atoms with van der Waals surface area (Å²) in [7, 11) is 0. The Balaban J connectivity index is 2.41. The summed E-state index contributed by atoms with van der Waals surface area (Å²) in [6.45, 7) is 3.15. The SMILES string of the molecule is CC(=O)c1cc(F)c(C)cc1Sc1ccc(Br)cc1. The van der Waals surface area contributed by atoms with Gasteiger partial charge in [0.25, 0.3) is 0 Å². The van der Waals surface area contributed by atoms with Crippen LogP contribution < -0.4 is 0 Å². The van der Waals surface area contributed by atoms with E-state index in [1.54, 1.807) is 13.0 Å². The van der Waals surface area contributed by atoms with Crippen molar-refractivity contribution in [2.45, 2.75) is 23.6 Å². The number of hydrogen-bond donors (Lipinski definition) is 0. The largest absolute Gasteiger partial charge is 0.294 e. The second-order valence-electron chi connectivity index (χ2n) is 4.21. The van der Waals surface area contributed by atoms with Crippen LogP contribution in [-0.2, 0) is 0 Å². The molecular weight excluding hydrogens is 327 g/mol. The molecule has 0 aliphatic rings. The van der Waals surface area contributed by atoms with Crippen LogP contribution in [0.1, 0.15) is 22.8 Å². The lowest BCUT2D eigenvalue weighted by atomic mass is 10.1. The molecule has 0 aromatic heterocycles. The summed E-state index contributed by atoms with van der Waals surface area (Å²) in [6.07, 6.45) is 0. The van der Waals surface area contributed by atoms with Gasteiger partial charge in [-0.25, -0.2) is 4.39 Å². The van der Waals surface area contributed by atoms with Crippen LogP contribution in [0.5, 0.6) is 0 Å². The van der Waals surface area contributed by atoms with Crippen molar-refractivity contribution in [1.82, 2.24) is 0 Å². The third-order valence-corrected chi connectivity index (χ3v) is 4.28. The van der Waals surface area contributed by atoms with E-state index in [4.69, 9.17) is 0 Å². The lowest BCUT2D eigenvalue weighted by Crippen LogP contribution is -1.98. The molecule has 2 aromatic carbocycles. The highest BCUT2D eigenvalue weighted by atomic mass is 79.9. The van der Waals surface area contributed by atoms with Gasteiger partial charge >= 0.3 is 0 Å². The van der Waals surface area contributed by atoms with Crippen molar-refractivity contribution in [1.29, 1.82) is 0 Å². The zero-order valence-electron chi connectivity index (χ0n) is 10.5. The number of benzene rings is 2. The highest BCUT2D eigenvalue weighted by Crippen LogP contribution is 2.33. The number of halogens is 2. The monoisotopic (exact) mass is 338 g/mol. The molecule has 2 rings (SSSR count). The zero-order chi connectivity index (χ0) is 14.0. The maximum atomic E-state index is 13.5. The molecule has 0 aliphatic heterocycles. The van der Waals surface area contributed by atoms with Gasteiger partial charge in [0.1, 0.15) is 5.82 Å². The van der Waals surface area contributed by atoms with E-state index in [-0.39, 0.29) is 11.6 Å². The van der Waals surface area contributed by atoms with Crippen molar-refractivity contribution < 1.29 is 9.18 Å². The molecule has 0 bridgehead atoms. The molecule has 2 aromatic rings. The molecule has 0 amide bonds. The molecule has 0 fully saturated rings. The molecule has 0 aliphatic carbocycles. The molecule has 1 nitrogen and oxygen atoms in total. The molecule has 98 valence electrons. The molecule has 0 atom stereocenters. The quantitative estimate of drug-likeness (QED) is 0.711. The van der Waals surface area contributed by atoms with E-state index in [0.29, 0.717) is 11.1 Å². The van der Waals surface area contributed by atoms with Crippen molar-refractivity contribution in [2.75, 3.05) is 0 Å². The standard InChI is InChI=1S/C15H12BrFOS/c1-9-7-15(13(10(2)18)8-14(9)17)19-12-5-3-11(16)4-6-12/h3-8H,1-2H3. The van der Waals surface area contributed by atoms with Crippen LogP contribution in [-0.4, -0.2) is 5.78 Å². The number of rotatable bonds is 3. The smallest absolute Gasteiger partial charge is 0.161 e. The molecule has 0 spiro atoms. The zero-order valence-corrected chi connectivity index (χ0v) is 12.9. The first-order valence-electron chi connectivity index (χ1n) is 5.72. The normalized spacial score (nSPS) is 10.5. The van der Waals surface area contributed by atoms with Crippen LogP contribution in [0.3, 0.4) is 0 Å². The van der Waals surface area contributed by atoms with E-state index in [1.165, 1.54) is 24.8 Å². The fourth-order valence-electron chi connectivity index (χ4n) is 1.64. The highest BCUT2D eigenvalue weighted by molar-refractivity contribution is 9.10. The van der Waals surface area contributed by atoms with Crippen molar-refractivity contribution in [2.24, 2.45) is 0 Å². The Labute approximate surface area is 124 Å². The Kier molecular flexibility index (Phi) is 4.42. The number of aryl methyl sites for hydroxylation is 1. The van der Waals surface area contributed by atoms with Gasteiger partial charge in [-0.15, -0.1) is 0 Å². The maximum absolute atomic E-state index is 13.5. The minimum absolute atomic E-state index is 0.126. The van der Waals surface area contributed by atoms with Crippen LogP contribution in [0, 0.1) is 12.7 Å². The first kappa shape index (κ1) is 14.3. The topological polar surface area (TPSA) is 17.1 Å². The second kappa shape index (κ2) is 5.88. The third-order valence-electron chi connectivity index (χ3n) is 2.68. The van der Waals surface area contributed by atoms with Crippen molar-refractivity contribution in [3.63, 3.8) is 0 Å². The summed E-state index contributed by atoms with van der Waals surface area (Å²) in [5.41, 5.74) is 0.973. The van der Waals surface area contributed by atoms with E-state index in [9.17, 15) is 9.18 Å². The molecule has 0 radical (unpaired) electrons. The van der Waals surface area contributed by atoms with Gasteiger partial charge in [0.05, 0.1) is 0 Å². The molecule has 0 unspecified atom stereocenters. The second-order valence-corrected chi connectivity index (χ2v) is 6.24. The van der Waals surface area contributed by atoms with Gasteiger partial charge in [-0.2, -0.15) is 0 Å². The van der Waals surface area contributed by atoms with Crippen LogP contribution in [0.4, 0.5) is 4.39 Å². The molecule has 0 saturated heterocycles. The summed E-state index contributed by atoms with van der Waals surface area (Å²) in [6, 6.07) is 10.8. The maximum Gasteiger partial charge on any atom is 0.161 e. The van der Waals surface area contributed by atoms with Crippen molar-refractivity contribution in [3.05, 3.63) is 57.8 Å².